The van der Waals surface area contributed by atoms with Crippen molar-refractivity contribution in [1.29, 1.82) is 0 Å². The van der Waals surface area contributed by atoms with E-state index in [9.17, 15) is 9.59 Å². The number of fused-ring (bicyclic) bond motifs is 1. The van der Waals surface area contributed by atoms with Gasteiger partial charge in [-0.1, -0.05) is 0 Å². The van der Waals surface area contributed by atoms with E-state index in [4.69, 9.17) is 5.11 Å². The summed E-state index contributed by atoms with van der Waals surface area (Å²) in [5, 5.41) is 8.58. The minimum atomic E-state index is -0.853. The highest BCUT2D eigenvalue weighted by Gasteiger charge is 2.15. The number of aryl methyl sites for hydroxylation is 1. The molecule has 6 nitrogen and oxygen atoms in total. The first-order valence-corrected chi connectivity index (χ1v) is 6.40. The lowest BCUT2D eigenvalue weighted by Crippen LogP contribution is -2.28. The van der Waals surface area contributed by atoms with Gasteiger partial charge in [0.2, 0.25) is 0 Å². The smallest absolute Gasteiger partial charge is 0.303 e. The molecule has 20 heavy (non-hydrogen) atoms. The number of aromatic nitrogens is 2. The summed E-state index contributed by atoms with van der Waals surface area (Å²) < 4.78 is 1.80. The number of pyridine rings is 1. The Labute approximate surface area is 116 Å². The van der Waals surface area contributed by atoms with Crippen LogP contribution in [0.2, 0.25) is 0 Å². The van der Waals surface area contributed by atoms with Crippen LogP contribution in [0.15, 0.2) is 24.5 Å². The number of amides is 1. The van der Waals surface area contributed by atoms with E-state index in [0.717, 1.165) is 11.2 Å². The van der Waals surface area contributed by atoms with Crippen LogP contribution in [0.1, 0.15) is 28.9 Å². The topological polar surface area (TPSA) is 74.9 Å². The lowest BCUT2D eigenvalue weighted by Gasteiger charge is -2.14. The molecule has 0 fully saturated rings. The Morgan fingerprint density at radius 2 is 2.20 bits per heavy atom. The van der Waals surface area contributed by atoms with Crippen molar-refractivity contribution in [3.8, 4) is 0 Å². The molecule has 0 radical (unpaired) electrons. The van der Waals surface area contributed by atoms with Crippen molar-refractivity contribution >= 4 is 17.5 Å². The maximum atomic E-state index is 12.2. The number of hydrogen-bond acceptors (Lipinski definition) is 3. The molecule has 2 aromatic heterocycles. The first-order chi connectivity index (χ1) is 9.47. The zero-order chi connectivity index (χ0) is 14.7. The second-order valence-corrected chi connectivity index (χ2v) is 4.82. The summed E-state index contributed by atoms with van der Waals surface area (Å²) in [6, 6.07) is 3.85. The summed E-state index contributed by atoms with van der Waals surface area (Å²) in [5.74, 6) is -1.05. The monoisotopic (exact) mass is 275 g/mol. The Kier molecular flexibility index (Phi) is 4.02. The Morgan fingerprint density at radius 1 is 1.45 bits per heavy atom. The van der Waals surface area contributed by atoms with Crippen LogP contribution in [0.4, 0.5) is 0 Å². The number of nitrogens with zero attached hydrogens (tertiary/aromatic N) is 3. The molecule has 6 heteroatoms. The average molecular weight is 275 g/mol. The van der Waals surface area contributed by atoms with Gasteiger partial charge < -0.3 is 14.4 Å². The van der Waals surface area contributed by atoms with Crippen molar-refractivity contribution in [2.24, 2.45) is 0 Å². The molecule has 0 saturated carbocycles. The zero-order valence-electron chi connectivity index (χ0n) is 11.5. The fourth-order valence-corrected chi connectivity index (χ4v) is 1.95. The van der Waals surface area contributed by atoms with Crippen molar-refractivity contribution in [3.63, 3.8) is 0 Å². The van der Waals surface area contributed by atoms with E-state index in [-0.39, 0.29) is 12.3 Å². The number of hydrogen-bond donors (Lipinski definition) is 1. The molecule has 0 aliphatic heterocycles. The summed E-state index contributed by atoms with van der Waals surface area (Å²) in [4.78, 5) is 28.4. The van der Waals surface area contributed by atoms with Crippen molar-refractivity contribution in [3.05, 3.63) is 35.8 Å². The van der Waals surface area contributed by atoms with Crippen LogP contribution in [0.5, 0.6) is 0 Å². The van der Waals surface area contributed by atoms with Gasteiger partial charge in [0.25, 0.3) is 5.91 Å². The van der Waals surface area contributed by atoms with E-state index in [1.54, 1.807) is 17.6 Å². The van der Waals surface area contributed by atoms with Gasteiger partial charge in [-0.25, -0.2) is 4.98 Å². The molecule has 0 aliphatic carbocycles. The van der Waals surface area contributed by atoms with Crippen LogP contribution in [0, 0.1) is 6.92 Å². The van der Waals surface area contributed by atoms with Gasteiger partial charge >= 0.3 is 5.97 Å². The molecular weight excluding hydrogens is 258 g/mol. The number of carboxylic acid groups (broad SMARTS) is 1. The van der Waals surface area contributed by atoms with Gasteiger partial charge in [0.1, 0.15) is 11.3 Å². The highest BCUT2D eigenvalue weighted by molar-refractivity contribution is 5.92. The van der Waals surface area contributed by atoms with Crippen LogP contribution in [-0.4, -0.2) is 44.9 Å². The minimum absolute atomic E-state index is 0.0575. The summed E-state index contributed by atoms with van der Waals surface area (Å²) in [7, 11) is 1.65. The van der Waals surface area contributed by atoms with Gasteiger partial charge in [0.15, 0.2) is 0 Å². The zero-order valence-corrected chi connectivity index (χ0v) is 11.5. The number of rotatable bonds is 5. The number of carbonyl (C=O) groups excluding carboxylic acids is 1. The molecule has 0 aromatic carbocycles. The summed E-state index contributed by atoms with van der Waals surface area (Å²) >= 11 is 0. The lowest BCUT2D eigenvalue weighted by molar-refractivity contribution is -0.137. The predicted molar refractivity (Wildman–Crippen MR) is 73.8 cm³/mol. The third kappa shape index (κ3) is 3.14. The number of carbonyl (C=O) groups is 2. The van der Waals surface area contributed by atoms with E-state index in [2.05, 4.69) is 4.98 Å². The minimum Gasteiger partial charge on any atom is -0.481 e. The van der Waals surface area contributed by atoms with E-state index in [0.29, 0.717) is 18.7 Å². The number of carboxylic acids is 1. The van der Waals surface area contributed by atoms with Gasteiger partial charge in [-0.05, 0) is 31.0 Å². The van der Waals surface area contributed by atoms with Crippen molar-refractivity contribution < 1.29 is 14.7 Å². The number of imidazole rings is 1. The van der Waals surface area contributed by atoms with Gasteiger partial charge in [-0.15, -0.1) is 0 Å². The Bertz CT molecular complexity index is 648. The summed E-state index contributed by atoms with van der Waals surface area (Å²) in [6.07, 6.45) is 4.04. The van der Waals surface area contributed by atoms with Crippen molar-refractivity contribution in [2.75, 3.05) is 13.6 Å². The molecule has 2 aromatic rings. The quantitative estimate of drug-likeness (QED) is 0.899. The standard InChI is InChI=1S/C14H17N3O3/c1-10-5-7-17-9-11(15-12(17)8-10)14(20)16(2)6-3-4-13(18)19/h5,7-9H,3-4,6H2,1-2H3,(H,18,19). The third-order valence-corrected chi connectivity index (χ3v) is 3.07. The molecule has 2 rings (SSSR count). The van der Waals surface area contributed by atoms with Gasteiger partial charge in [0, 0.05) is 32.4 Å². The lowest BCUT2D eigenvalue weighted by atomic mass is 10.3. The van der Waals surface area contributed by atoms with Crippen LogP contribution in [-0.2, 0) is 4.79 Å². The summed E-state index contributed by atoms with van der Waals surface area (Å²) in [6.45, 7) is 2.37. The van der Waals surface area contributed by atoms with Crippen LogP contribution in [0.3, 0.4) is 0 Å². The molecule has 0 unspecified atom stereocenters. The highest BCUT2D eigenvalue weighted by Crippen LogP contribution is 2.09. The molecular formula is C14H17N3O3. The largest absolute Gasteiger partial charge is 0.481 e. The maximum Gasteiger partial charge on any atom is 0.303 e. The molecule has 2 heterocycles. The fraction of sp³-hybridized carbons (Fsp3) is 0.357. The second-order valence-electron chi connectivity index (χ2n) is 4.82. The van der Waals surface area contributed by atoms with Crippen LogP contribution < -0.4 is 0 Å². The normalized spacial score (nSPS) is 10.7. The van der Waals surface area contributed by atoms with Crippen LogP contribution in [0.25, 0.3) is 5.65 Å². The Hall–Kier alpha value is -2.37. The van der Waals surface area contributed by atoms with Crippen LogP contribution >= 0.6 is 0 Å². The average Bonchev–Trinajstić information content (AvgIpc) is 2.80. The van der Waals surface area contributed by atoms with E-state index < -0.39 is 5.97 Å². The summed E-state index contributed by atoms with van der Waals surface area (Å²) in [5.41, 5.74) is 2.18. The Balaban J connectivity index is 2.08. The second kappa shape index (κ2) is 5.73. The van der Waals surface area contributed by atoms with Crippen molar-refractivity contribution in [1.82, 2.24) is 14.3 Å². The molecule has 0 spiro atoms. The van der Waals surface area contributed by atoms with E-state index in [1.165, 1.54) is 4.90 Å². The molecule has 0 saturated heterocycles. The molecule has 1 N–H and O–H groups in total. The Morgan fingerprint density at radius 3 is 2.90 bits per heavy atom. The first-order valence-electron chi connectivity index (χ1n) is 6.40. The van der Waals surface area contributed by atoms with Gasteiger partial charge in [-0.2, -0.15) is 0 Å². The van der Waals surface area contributed by atoms with E-state index >= 15 is 0 Å². The van der Waals surface area contributed by atoms with Gasteiger partial charge in [0.05, 0.1) is 0 Å². The molecule has 0 aliphatic rings. The predicted octanol–water partition coefficient (Wildman–Crippen LogP) is 1.58. The number of aliphatic carboxylic acids is 1. The fourth-order valence-electron chi connectivity index (χ4n) is 1.95. The third-order valence-electron chi connectivity index (χ3n) is 3.07. The first kappa shape index (κ1) is 14.0. The SMILES string of the molecule is Cc1ccn2cc(C(=O)N(C)CCCC(=O)O)nc2c1. The molecule has 106 valence electrons. The molecule has 0 bridgehead atoms. The molecule has 1 amide bonds. The van der Waals surface area contributed by atoms with Gasteiger partial charge in [-0.3, -0.25) is 9.59 Å². The maximum absolute atomic E-state index is 12.2. The molecule has 0 atom stereocenters. The van der Waals surface area contributed by atoms with E-state index in [1.807, 2.05) is 25.3 Å². The highest BCUT2D eigenvalue weighted by atomic mass is 16.4. The van der Waals surface area contributed by atoms with Crippen molar-refractivity contribution in [2.45, 2.75) is 19.8 Å².